The number of aldehydes is 1. The first kappa shape index (κ1) is 19.1. The Bertz CT molecular complexity index is 735. The smallest absolute Gasteiger partial charge is 0.161 e. The highest BCUT2D eigenvalue weighted by molar-refractivity contribution is 6.32. The van der Waals surface area contributed by atoms with Gasteiger partial charge in [0, 0.05) is 5.56 Å². The number of methoxy groups -OCH3 is 1. The minimum absolute atomic E-state index is 0.0372. The van der Waals surface area contributed by atoms with Crippen LogP contribution in [0.2, 0.25) is 5.02 Å². The van der Waals surface area contributed by atoms with Gasteiger partial charge in [-0.3, -0.25) is 4.79 Å². The monoisotopic (exact) mass is 362 g/mol. The normalized spacial score (nSPS) is 11.1. The Morgan fingerprint density at radius 3 is 2.16 bits per heavy atom. The molecule has 0 heterocycles. The summed E-state index contributed by atoms with van der Waals surface area (Å²) in [5.74, 6) is 1.70. The summed E-state index contributed by atoms with van der Waals surface area (Å²) in [6, 6.07) is 10.8. The van der Waals surface area contributed by atoms with Gasteiger partial charge in [-0.2, -0.15) is 0 Å². The topological polar surface area (TPSA) is 44.8 Å². The Kier molecular flexibility index (Phi) is 6.32. The second-order valence-corrected chi connectivity index (χ2v) is 7.03. The van der Waals surface area contributed by atoms with Crippen LogP contribution >= 0.6 is 11.6 Å². The molecule has 0 aliphatic carbocycles. The number of halogens is 1. The van der Waals surface area contributed by atoms with Crippen molar-refractivity contribution in [1.29, 1.82) is 0 Å². The number of carbonyl (C=O) groups excluding carboxylic acids is 1. The molecule has 2 aromatic rings. The molecule has 0 radical (unpaired) electrons. The summed E-state index contributed by atoms with van der Waals surface area (Å²) in [6.45, 7) is 7.07. The Labute approximate surface area is 153 Å². The third kappa shape index (κ3) is 5.13. The fourth-order valence-electron chi connectivity index (χ4n) is 2.26. The van der Waals surface area contributed by atoms with Crippen LogP contribution in [0.4, 0.5) is 0 Å². The summed E-state index contributed by atoms with van der Waals surface area (Å²) in [7, 11) is 1.53. The molecule has 0 amide bonds. The Morgan fingerprint density at radius 2 is 1.60 bits per heavy atom. The number of ether oxygens (including phenoxy) is 3. The molecule has 2 rings (SSSR count). The Balaban J connectivity index is 1.92. The van der Waals surface area contributed by atoms with Crippen LogP contribution in [0.25, 0.3) is 0 Å². The molecule has 0 aromatic heterocycles. The van der Waals surface area contributed by atoms with E-state index in [0.29, 0.717) is 41.0 Å². The second kappa shape index (κ2) is 8.26. The molecule has 0 spiro atoms. The van der Waals surface area contributed by atoms with Gasteiger partial charge < -0.3 is 14.2 Å². The lowest BCUT2D eigenvalue weighted by atomic mass is 9.87. The zero-order valence-electron chi connectivity index (χ0n) is 15.0. The van der Waals surface area contributed by atoms with Crippen molar-refractivity contribution in [3.8, 4) is 17.2 Å². The summed E-state index contributed by atoms with van der Waals surface area (Å²) < 4.78 is 16.6. The molecule has 134 valence electrons. The highest BCUT2D eigenvalue weighted by Crippen LogP contribution is 2.31. The average molecular weight is 363 g/mol. The number of benzene rings is 2. The van der Waals surface area contributed by atoms with Crippen LogP contribution in [0, 0.1) is 0 Å². The number of hydrogen-bond acceptors (Lipinski definition) is 4. The van der Waals surface area contributed by atoms with Gasteiger partial charge in [-0.15, -0.1) is 0 Å². The molecule has 2 aromatic carbocycles. The molecule has 0 atom stereocenters. The van der Waals surface area contributed by atoms with E-state index in [-0.39, 0.29) is 5.41 Å². The van der Waals surface area contributed by atoms with Crippen molar-refractivity contribution < 1.29 is 19.0 Å². The van der Waals surface area contributed by atoms with Crippen LogP contribution in [0.15, 0.2) is 36.4 Å². The third-order valence-corrected chi connectivity index (χ3v) is 4.02. The van der Waals surface area contributed by atoms with E-state index >= 15 is 0 Å². The van der Waals surface area contributed by atoms with Crippen LogP contribution in [-0.4, -0.2) is 26.6 Å². The van der Waals surface area contributed by atoms with Crippen LogP contribution in [0.1, 0.15) is 36.7 Å². The van der Waals surface area contributed by atoms with E-state index in [4.69, 9.17) is 25.8 Å². The van der Waals surface area contributed by atoms with E-state index in [1.165, 1.54) is 7.11 Å². The Morgan fingerprint density at radius 1 is 0.960 bits per heavy atom. The van der Waals surface area contributed by atoms with Crippen molar-refractivity contribution in [2.75, 3.05) is 20.3 Å². The van der Waals surface area contributed by atoms with Gasteiger partial charge in [0.05, 0.1) is 12.1 Å². The molecule has 5 heteroatoms. The molecular weight excluding hydrogens is 340 g/mol. The van der Waals surface area contributed by atoms with E-state index in [0.717, 1.165) is 11.8 Å². The minimum atomic E-state index is 0.0372. The average Bonchev–Trinajstić information content (AvgIpc) is 2.58. The Hall–Kier alpha value is -2.20. The lowest BCUT2D eigenvalue weighted by molar-refractivity contribution is 0.112. The number of carbonyl (C=O) groups is 1. The zero-order valence-corrected chi connectivity index (χ0v) is 15.7. The van der Waals surface area contributed by atoms with Gasteiger partial charge in [-0.25, -0.2) is 0 Å². The fraction of sp³-hybridized carbons (Fsp3) is 0.350. The van der Waals surface area contributed by atoms with Crippen molar-refractivity contribution in [3.63, 3.8) is 0 Å². The first-order valence-corrected chi connectivity index (χ1v) is 8.42. The molecule has 0 aliphatic rings. The van der Waals surface area contributed by atoms with Crippen molar-refractivity contribution in [3.05, 3.63) is 52.5 Å². The molecule has 0 saturated carbocycles. The predicted octanol–water partition coefficient (Wildman–Crippen LogP) is 4.92. The SMILES string of the molecule is COc1cc(C=O)ccc1OCCOc1ccc(C(C)(C)C)cc1Cl. The summed E-state index contributed by atoms with van der Waals surface area (Å²) >= 11 is 6.29. The second-order valence-electron chi connectivity index (χ2n) is 6.62. The summed E-state index contributed by atoms with van der Waals surface area (Å²) in [5, 5.41) is 0.584. The maximum atomic E-state index is 10.8. The molecular formula is C20H23ClO4. The third-order valence-electron chi connectivity index (χ3n) is 3.72. The van der Waals surface area contributed by atoms with E-state index < -0.39 is 0 Å². The van der Waals surface area contributed by atoms with Crippen LogP contribution in [0.5, 0.6) is 17.2 Å². The van der Waals surface area contributed by atoms with Crippen molar-refractivity contribution in [2.24, 2.45) is 0 Å². The summed E-state index contributed by atoms with van der Waals surface area (Å²) in [5.41, 5.74) is 1.72. The van der Waals surface area contributed by atoms with E-state index in [1.54, 1.807) is 18.2 Å². The van der Waals surface area contributed by atoms with Gasteiger partial charge in [0.15, 0.2) is 11.5 Å². The number of rotatable bonds is 7. The van der Waals surface area contributed by atoms with Gasteiger partial charge in [-0.05, 0) is 41.3 Å². The first-order valence-electron chi connectivity index (χ1n) is 8.04. The lowest BCUT2D eigenvalue weighted by Gasteiger charge is -2.20. The summed E-state index contributed by atoms with van der Waals surface area (Å²) in [6.07, 6.45) is 0.763. The van der Waals surface area contributed by atoms with E-state index in [9.17, 15) is 4.79 Å². The van der Waals surface area contributed by atoms with Crippen LogP contribution in [0.3, 0.4) is 0 Å². The highest BCUT2D eigenvalue weighted by Gasteiger charge is 2.15. The molecule has 25 heavy (non-hydrogen) atoms. The van der Waals surface area contributed by atoms with Gasteiger partial charge in [0.25, 0.3) is 0 Å². The molecule has 0 fully saturated rings. The molecule has 4 nitrogen and oxygen atoms in total. The summed E-state index contributed by atoms with van der Waals surface area (Å²) in [4.78, 5) is 10.8. The van der Waals surface area contributed by atoms with E-state index in [2.05, 4.69) is 20.8 Å². The van der Waals surface area contributed by atoms with Crippen molar-refractivity contribution in [2.45, 2.75) is 26.2 Å². The standard InChI is InChI=1S/C20H23ClO4/c1-20(2,3)15-6-8-17(16(21)12-15)24-9-10-25-18-7-5-14(13-22)11-19(18)23-4/h5-8,11-13H,9-10H2,1-4H3. The van der Waals surface area contributed by atoms with Crippen LogP contribution < -0.4 is 14.2 Å². The first-order chi connectivity index (χ1) is 11.8. The van der Waals surface area contributed by atoms with Gasteiger partial charge in [0.1, 0.15) is 25.2 Å². The maximum Gasteiger partial charge on any atom is 0.161 e. The highest BCUT2D eigenvalue weighted by atomic mass is 35.5. The van der Waals surface area contributed by atoms with Gasteiger partial charge in [0.2, 0.25) is 0 Å². The fourth-order valence-corrected chi connectivity index (χ4v) is 2.50. The molecule has 0 saturated heterocycles. The van der Waals surface area contributed by atoms with Gasteiger partial charge in [-0.1, -0.05) is 38.4 Å². The molecule has 0 N–H and O–H groups in total. The maximum absolute atomic E-state index is 10.8. The van der Waals surface area contributed by atoms with E-state index in [1.807, 2.05) is 18.2 Å². The molecule has 0 aliphatic heterocycles. The van der Waals surface area contributed by atoms with Crippen LogP contribution in [-0.2, 0) is 5.41 Å². The van der Waals surface area contributed by atoms with Gasteiger partial charge >= 0.3 is 0 Å². The largest absolute Gasteiger partial charge is 0.493 e. The number of hydrogen-bond donors (Lipinski definition) is 0. The van der Waals surface area contributed by atoms with Crippen molar-refractivity contribution in [1.82, 2.24) is 0 Å². The zero-order chi connectivity index (χ0) is 18.4. The minimum Gasteiger partial charge on any atom is -0.493 e. The predicted molar refractivity (Wildman–Crippen MR) is 99.5 cm³/mol. The molecule has 0 unspecified atom stereocenters. The quantitative estimate of drug-likeness (QED) is 0.518. The molecule has 0 bridgehead atoms. The van der Waals surface area contributed by atoms with Crippen molar-refractivity contribution >= 4 is 17.9 Å². The lowest BCUT2D eigenvalue weighted by Crippen LogP contribution is -2.12.